The van der Waals surface area contributed by atoms with Gasteiger partial charge in [-0.3, -0.25) is 0 Å². The summed E-state index contributed by atoms with van der Waals surface area (Å²) in [6, 6.07) is 7.49. The van der Waals surface area contributed by atoms with Gasteiger partial charge in [0.1, 0.15) is 23.7 Å². The van der Waals surface area contributed by atoms with E-state index in [-0.39, 0.29) is 12.6 Å². The summed E-state index contributed by atoms with van der Waals surface area (Å²) in [6.07, 6.45) is 0.229. The lowest BCUT2D eigenvalue weighted by molar-refractivity contribution is 0.0177. The molecule has 0 aliphatic carbocycles. The molecule has 1 amide bonds. The van der Waals surface area contributed by atoms with Crippen molar-refractivity contribution in [2.24, 2.45) is 0 Å². The van der Waals surface area contributed by atoms with E-state index in [9.17, 15) is 9.90 Å². The Balaban J connectivity index is 1.40. The third-order valence-corrected chi connectivity index (χ3v) is 4.45. The van der Waals surface area contributed by atoms with E-state index in [0.717, 1.165) is 11.3 Å². The number of rotatable bonds is 9. The molecule has 1 aliphatic heterocycles. The molecule has 0 spiro atoms. The molecule has 1 saturated heterocycles. The van der Waals surface area contributed by atoms with Gasteiger partial charge < -0.3 is 30.0 Å². The molecule has 4 N–H and O–H groups in total. The molecule has 0 unspecified atom stereocenters. The highest BCUT2D eigenvalue weighted by atomic mass is 16.6. The molecule has 1 fully saturated rings. The summed E-state index contributed by atoms with van der Waals surface area (Å²) >= 11 is 0. The lowest BCUT2D eigenvalue weighted by atomic mass is 10.0. The number of methoxy groups -OCH3 is 1. The zero-order valence-corrected chi connectivity index (χ0v) is 15.6. The first-order chi connectivity index (χ1) is 13.7. The second-order valence-corrected chi connectivity index (χ2v) is 6.44. The summed E-state index contributed by atoms with van der Waals surface area (Å²) in [5, 5.41) is 26.0. The van der Waals surface area contributed by atoms with Crippen LogP contribution in [-0.2, 0) is 22.5 Å². The van der Waals surface area contributed by atoms with Crippen LogP contribution in [0.15, 0.2) is 30.5 Å². The van der Waals surface area contributed by atoms with Gasteiger partial charge in [0, 0.05) is 13.1 Å². The number of aliphatic hydroxyl groups excluding tert-OH is 1. The van der Waals surface area contributed by atoms with Gasteiger partial charge in [0.2, 0.25) is 0 Å². The fraction of sp³-hybridized carbons (Fsp3) is 0.500. The highest BCUT2D eigenvalue weighted by molar-refractivity contribution is 5.67. The van der Waals surface area contributed by atoms with E-state index < -0.39 is 18.3 Å². The molecule has 28 heavy (non-hydrogen) atoms. The standard InChI is InChI=1S/C18H25N5O5/c1-26-14-4-2-12(3-5-14)8-15-17(16(24)10-20-15)28-18(25)19-6-7-27-11-13-9-21-23-22-13/h2-5,9,15-17,20,24H,6-8,10-11H2,1H3,(H,19,25)(H,21,22,23)/t15-,16+,17+/m1/s1. The van der Waals surface area contributed by atoms with Crippen LogP contribution in [0.5, 0.6) is 5.75 Å². The highest BCUT2D eigenvalue weighted by Gasteiger charge is 2.37. The highest BCUT2D eigenvalue weighted by Crippen LogP contribution is 2.19. The van der Waals surface area contributed by atoms with Crippen LogP contribution in [0.2, 0.25) is 0 Å². The van der Waals surface area contributed by atoms with Crippen molar-refractivity contribution in [3.63, 3.8) is 0 Å². The van der Waals surface area contributed by atoms with Gasteiger partial charge in [-0.25, -0.2) is 4.79 Å². The summed E-state index contributed by atoms with van der Waals surface area (Å²) in [4.78, 5) is 12.0. The maximum atomic E-state index is 12.0. The molecule has 2 heterocycles. The molecule has 3 atom stereocenters. The number of β-amino-alcohol motifs (C(OH)–C–C–N with tert-alkyl or cyclic N) is 1. The van der Waals surface area contributed by atoms with E-state index in [1.54, 1.807) is 13.3 Å². The first-order valence-corrected chi connectivity index (χ1v) is 9.07. The Bertz CT molecular complexity index is 724. The smallest absolute Gasteiger partial charge is 0.407 e. The van der Waals surface area contributed by atoms with Crippen LogP contribution < -0.4 is 15.4 Å². The van der Waals surface area contributed by atoms with Gasteiger partial charge in [0.05, 0.1) is 32.6 Å². The number of aromatic nitrogens is 3. The first-order valence-electron chi connectivity index (χ1n) is 9.07. The molecule has 10 heteroatoms. The summed E-state index contributed by atoms with van der Waals surface area (Å²) in [7, 11) is 1.62. The van der Waals surface area contributed by atoms with E-state index in [0.29, 0.717) is 31.9 Å². The van der Waals surface area contributed by atoms with Gasteiger partial charge in [0.15, 0.2) is 0 Å². The van der Waals surface area contributed by atoms with Crippen LogP contribution in [-0.4, -0.2) is 71.7 Å². The molecule has 0 radical (unpaired) electrons. The Hall–Kier alpha value is -2.69. The molecule has 2 aromatic rings. The third-order valence-electron chi connectivity index (χ3n) is 4.45. The van der Waals surface area contributed by atoms with Crippen LogP contribution in [0.3, 0.4) is 0 Å². The van der Waals surface area contributed by atoms with Crippen molar-refractivity contribution in [2.45, 2.75) is 31.3 Å². The predicted molar refractivity (Wildman–Crippen MR) is 98.8 cm³/mol. The van der Waals surface area contributed by atoms with Crippen LogP contribution in [0, 0.1) is 0 Å². The summed E-state index contributed by atoms with van der Waals surface area (Å²) in [5.41, 5.74) is 1.74. The quantitative estimate of drug-likeness (QED) is 0.440. The van der Waals surface area contributed by atoms with Crippen molar-refractivity contribution in [1.29, 1.82) is 0 Å². The zero-order valence-electron chi connectivity index (χ0n) is 15.6. The molecule has 1 aliphatic rings. The Morgan fingerprint density at radius 2 is 2.18 bits per heavy atom. The molecule has 10 nitrogen and oxygen atoms in total. The molecule has 0 bridgehead atoms. The average molecular weight is 391 g/mol. The number of amides is 1. The lowest BCUT2D eigenvalue weighted by Gasteiger charge is -2.22. The summed E-state index contributed by atoms with van der Waals surface area (Å²) < 4.78 is 16.0. The summed E-state index contributed by atoms with van der Waals surface area (Å²) in [5.74, 6) is 0.779. The van der Waals surface area contributed by atoms with Gasteiger partial charge in [-0.2, -0.15) is 15.4 Å². The fourth-order valence-electron chi connectivity index (χ4n) is 3.00. The number of H-pyrrole nitrogens is 1. The number of alkyl carbamates (subject to hydrolysis) is 1. The third kappa shape index (κ3) is 5.65. The van der Waals surface area contributed by atoms with Gasteiger partial charge in [-0.15, -0.1) is 0 Å². The average Bonchev–Trinajstić information content (AvgIpc) is 3.34. The second-order valence-electron chi connectivity index (χ2n) is 6.44. The minimum Gasteiger partial charge on any atom is -0.497 e. The van der Waals surface area contributed by atoms with Crippen molar-refractivity contribution in [3.8, 4) is 5.75 Å². The molecule has 0 saturated carbocycles. The Morgan fingerprint density at radius 3 is 2.89 bits per heavy atom. The van der Waals surface area contributed by atoms with Crippen molar-refractivity contribution < 1.29 is 24.1 Å². The van der Waals surface area contributed by atoms with E-state index in [4.69, 9.17) is 14.2 Å². The van der Waals surface area contributed by atoms with E-state index in [1.807, 2.05) is 24.3 Å². The van der Waals surface area contributed by atoms with E-state index in [1.165, 1.54) is 0 Å². The number of hydrogen-bond donors (Lipinski definition) is 4. The SMILES string of the molecule is COc1ccc(C[C@H]2NC[C@H](O)[C@H]2OC(=O)NCCOCc2cn[nH]n2)cc1. The number of nitrogens with one attached hydrogen (secondary N) is 3. The largest absolute Gasteiger partial charge is 0.497 e. The molecular formula is C18H25N5O5. The van der Waals surface area contributed by atoms with Crippen molar-refractivity contribution in [1.82, 2.24) is 26.0 Å². The fourth-order valence-corrected chi connectivity index (χ4v) is 3.00. The number of carbonyl (C=O) groups is 1. The molecular weight excluding hydrogens is 366 g/mol. The van der Waals surface area contributed by atoms with E-state index >= 15 is 0 Å². The Kier molecular flexibility index (Phi) is 7.18. The topological polar surface area (TPSA) is 131 Å². The molecule has 1 aromatic heterocycles. The maximum Gasteiger partial charge on any atom is 0.407 e. The van der Waals surface area contributed by atoms with Gasteiger partial charge in [0.25, 0.3) is 0 Å². The Morgan fingerprint density at radius 1 is 1.36 bits per heavy atom. The number of benzene rings is 1. The maximum absolute atomic E-state index is 12.0. The molecule has 3 rings (SSSR count). The monoisotopic (exact) mass is 391 g/mol. The Labute approximate surface area is 162 Å². The predicted octanol–water partition coefficient (Wildman–Crippen LogP) is 0.000100. The zero-order chi connectivity index (χ0) is 19.8. The first kappa shape index (κ1) is 20.1. The molecule has 152 valence electrons. The van der Waals surface area contributed by atoms with Crippen LogP contribution in [0.25, 0.3) is 0 Å². The molecule has 1 aromatic carbocycles. The van der Waals surface area contributed by atoms with Gasteiger partial charge in [-0.05, 0) is 24.1 Å². The van der Waals surface area contributed by atoms with Crippen molar-refractivity contribution in [3.05, 3.63) is 41.7 Å². The van der Waals surface area contributed by atoms with Crippen molar-refractivity contribution in [2.75, 3.05) is 26.8 Å². The summed E-state index contributed by atoms with van der Waals surface area (Å²) in [6.45, 7) is 1.28. The normalized spacial score (nSPS) is 21.4. The minimum absolute atomic E-state index is 0.169. The number of ether oxygens (including phenoxy) is 3. The van der Waals surface area contributed by atoms with Crippen molar-refractivity contribution >= 4 is 6.09 Å². The van der Waals surface area contributed by atoms with E-state index in [2.05, 4.69) is 26.0 Å². The van der Waals surface area contributed by atoms with Gasteiger partial charge >= 0.3 is 6.09 Å². The van der Waals surface area contributed by atoms with Crippen LogP contribution in [0.1, 0.15) is 11.3 Å². The van der Waals surface area contributed by atoms with Gasteiger partial charge in [-0.1, -0.05) is 12.1 Å². The minimum atomic E-state index is -0.752. The van der Waals surface area contributed by atoms with Crippen LogP contribution in [0.4, 0.5) is 4.79 Å². The van der Waals surface area contributed by atoms with Crippen LogP contribution >= 0.6 is 0 Å². The number of carbonyl (C=O) groups excluding carboxylic acids is 1. The number of aliphatic hydroxyl groups is 1. The number of hydrogen-bond acceptors (Lipinski definition) is 8. The second kappa shape index (κ2) is 10.0. The number of nitrogens with zero attached hydrogens (tertiary/aromatic N) is 2. The number of aromatic amines is 1. The lowest BCUT2D eigenvalue weighted by Crippen LogP contribution is -2.42.